The Bertz CT molecular complexity index is 1240. The molecule has 0 atom stereocenters. The van der Waals surface area contributed by atoms with Crippen LogP contribution in [0.4, 0.5) is 0 Å². The highest BCUT2D eigenvalue weighted by atomic mass is 32.2. The van der Waals surface area contributed by atoms with Gasteiger partial charge in [-0.3, -0.25) is 9.36 Å². The van der Waals surface area contributed by atoms with Gasteiger partial charge in [-0.25, -0.2) is 22.9 Å². The first-order valence-electron chi connectivity index (χ1n) is 8.58. The minimum atomic E-state index is -4.09. The van der Waals surface area contributed by atoms with Gasteiger partial charge in [0.05, 0.1) is 12.8 Å². The SMILES string of the molecule is COc1ccc(-c2nc(CCNS(=O)(=O)c3cn(C)c(=O)n(C)c3=O)co2)cc1. The van der Waals surface area contributed by atoms with E-state index in [-0.39, 0.29) is 13.0 Å². The predicted molar refractivity (Wildman–Crippen MR) is 104 cm³/mol. The largest absolute Gasteiger partial charge is 0.497 e. The van der Waals surface area contributed by atoms with Gasteiger partial charge in [-0.2, -0.15) is 0 Å². The van der Waals surface area contributed by atoms with E-state index in [9.17, 15) is 18.0 Å². The second-order valence-electron chi connectivity index (χ2n) is 6.27. The van der Waals surface area contributed by atoms with Crippen LogP contribution in [0.1, 0.15) is 5.69 Å². The Balaban J connectivity index is 1.69. The molecule has 2 aromatic heterocycles. The Morgan fingerprint density at radius 2 is 1.86 bits per heavy atom. The van der Waals surface area contributed by atoms with E-state index in [1.54, 1.807) is 31.4 Å². The van der Waals surface area contributed by atoms with Gasteiger partial charge in [-0.05, 0) is 24.3 Å². The molecule has 0 saturated carbocycles. The van der Waals surface area contributed by atoms with Crippen molar-refractivity contribution in [2.24, 2.45) is 14.1 Å². The summed E-state index contributed by atoms with van der Waals surface area (Å²) in [6, 6.07) is 7.15. The molecule has 0 aliphatic rings. The van der Waals surface area contributed by atoms with Crippen LogP contribution in [0.2, 0.25) is 0 Å². The summed E-state index contributed by atoms with van der Waals surface area (Å²) >= 11 is 0. The first kappa shape index (κ1) is 20.6. The van der Waals surface area contributed by atoms with E-state index in [2.05, 4.69) is 9.71 Å². The van der Waals surface area contributed by atoms with Crippen LogP contribution in [0.5, 0.6) is 5.75 Å². The van der Waals surface area contributed by atoms with Gasteiger partial charge in [0, 0.05) is 38.8 Å². The van der Waals surface area contributed by atoms with Crippen LogP contribution in [-0.4, -0.2) is 36.2 Å². The fourth-order valence-corrected chi connectivity index (χ4v) is 3.83. The molecule has 0 unspecified atom stereocenters. The van der Waals surface area contributed by atoms with Crippen LogP contribution >= 0.6 is 0 Å². The smallest absolute Gasteiger partial charge is 0.330 e. The molecule has 10 nitrogen and oxygen atoms in total. The molecule has 0 aliphatic heterocycles. The van der Waals surface area contributed by atoms with Crippen LogP contribution in [-0.2, 0) is 30.5 Å². The van der Waals surface area contributed by atoms with Crippen molar-refractivity contribution in [1.29, 1.82) is 0 Å². The van der Waals surface area contributed by atoms with Gasteiger partial charge in [0.25, 0.3) is 5.56 Å². The normalized spacial score (nSPS) is 11.6. The molecular weight excluding hydrogens is 400 g/mol. The van der Waals surface area contributed by atoms with Crippen LogP contribution in [0.25, 0.3) is 11.5 Å². The number of sulfonamides is 1. The molecule has 0 amide bonds. The van der Waals surface area contributed by atoms with E-state index in [1.165, 1.54) is 20.4 Å². The lowest BCUT2D eigenvalue weighted by atomic mass is 10.2. The summed E-state index contributed by atoms with van der Waals surface area (Å²) < 4.78 is 39.6. The van der Waals surface area contributed by atoms with Crippen molar-refractivity contribution in [3.63, 3.8) is 0 Å². The number of aryl methyl sites for hydroxylation is 1. The molecule has 0 aliphatic carbocycles. The Morgan fingerprint density at radius 3 is 2.52 bits per heavy atom. The molecule has 0 radical (unpaired) electrons. The number of methoxy groups -OCH3 is 1. The van der Waals surface area contributed by atoms with E-state index < -0.39 is 26.2 Å². The number of oxazole rings is 1. The van der Waals surface area contributed by atoms with Crippen molar-refractivity contribution in [1.82, 2.24) is 18.8 Å². The van der Waals surface area contributed by atoms with Crippen molar-refractivity contribution < 1.29 is 17.6 Å². The molecule has 1 aromatic carbocycles. The van der Waals surface area contributed by atoms with Gasteiger partial charge in [-0.1, -0.05) is 0 Å². The molecule has 0 bridgehead atoms. The standard InChI is InChI=1S/C18H20N4O6S/c1-21-10-15(17(23)22(2)18(21)24)29(25,26)19-9-8-13-11-28-16(20-13)12-4-6-14(27-3)7-5-12/h4-7,10-11,19H,8-9H2,1-3H3. The number of nitrogens with zero attached hydrogens (tertiary/aromatic N) is 3. The maximum atomic E-state index is 12.5. The predicted octanol–water partition coefficient (Wildman–Crippen LogP) is 0.269. The molecule has 0 saturated heterocycles. The Labute approximate surface area is 166 Å². The maximum absolute atomic E-state index is 12.5. The third kappa shape index (κ3) is 4.30. The fourth-order valence-electron chi connectivity index (χ4n) is 2.64. The van der Waals surface area contributed by atoms with Crippen molar-refractivity contribution >= 4 is 10.0 Å². The molecule has 1 N–H and O–H groups in total. The summed E-state index contributed by atoms with van der Waals surface area (Å²) in [6.45, 7) is 0.00289. The van der Waals surface area contributed by atoms with Crippen LogP contribution in [0.15, 0.2) is 55.6 Å². The molecule has 11 heteroatoms. The number of nitrogens with one attached hydrogen (secondary N) is 1. The highest BCUT2D eigenvalue weighted by molar-refractivity contribution is 7.89. The quantitative estimate of drug-likeness (QED) is 0.581. The monoisotopic (exact) mass is 420 g/mol. The van der Waals surface area contributed by atoms with Crippen molar-refractivity contribution in [2.45, 2.75) is 11.3 Å². The highest BCUT2D eigenvalue weighted by Crippen LogP contribution is 2.21. The number of benzene rings is 1. The Hall–Kier alpha value is -3.18. The van der Waals surface area contributed by atoms with Gasteiger partial charge in [0.1, 0.15) is 12.0 Å². The van der Waals surface area contributed by atoms with E-state index in [0.29, 0.717) is 17.3 Å². The van der Waals surface area contributed by atoms with E-state index in [0.717, 1.165) is 20.9 Å². The Kier molecular flexibility index (Phi) is 5.71. The summed E-state index contributed by atoms with van der Waals surface area (Å²) in [5, 5.41) is 0. The zero-order valence-electron chi connectivity index (χ0n) is 16.1. The first-order chi connectivity index (χ1) is 13.7. The third-order valence-corrected chi connectivity index (χ3v) is 5.71. The first-order valence-corrected chi connectivity index (χ1v) is 10.1. The molecule has 2 heterocycles. The fraction of sp³-hybridized carbons (Fsp3) is 0.278. The van der Waals surface area contributed by atoms with Gasteiger partial charge in [0.15, 0.2) is 4.90 Å². The number of rotatable bonds is 7. The lowest BCUT2D eigenvalue weighted by molar-refractivity contribution is 0.415. The summed E-state index contributed by atoms with van der Waals surface area (Å²) in [4.78, 5) is 27.7. The van der Waals surface area contributed by atoms with Gasteiger partial charge >= 0.3 is 5.69 Å². The van der Waals surface area contributed by atoms with Crippen molar-refractivity contribution in [3.8, 4) is 17.2 Å². The molecular formula is C18H20N4O6S. The number of hydrogen-bond acceptors (Lipinski definition) is 7. The third-order valence-electron chi connectivity index (χ3n) is 4.27. The summed E-state index contributed by atoms with van der Waals surface area (Å²) in [5.41, 5.74) is -0.190. The number of aromatic nitrogens is 3. The van der Waals surface area contributed by atoms with E-state index in [4.69, 9.17) is 9.15 Å². The van der Waals surface area contributed by atoms with Crippen LogP contribution in [0.3, 0.4) is 0 Å². The number of ether oxygens (including phenoxy) is 1. The Morgan fingerprint density at radius 1 is 1.17 bits per heavy atom. The summed E-state index contributed by atoms with van der Waals surface area (Å²) in [6.07, 6.45) is 2.70. The lowest BCUT2D eigenvalue weighted by Gasteiger charge is -2.08. The highest BCUT2D eigenvalue weighted by Gasteiger charge is 2.21. The average Bonchev–Trinajstić information content (AvgIpc) is 3.17. The van der Waals surface area contributed by atoms with E-state index in [1.807, 2.05) is 0 Å². The minimum Gasteiger partial charge on any atom is -0.497 e. The second kappa shape index (κ2) is 8.05. The van der Waals surface area contributed by atoms with Gasteiger partial charge in [0.2, 0.25) is 15.9 Å². The second-order valence-corrected chi connectivity index (χ2v) is 8.01. The zero-order chi connectivity index (χ0) is 21.2. The number of hydrogen-bond donors (Lipinski definition) is 1. The van der Waals surface area contributed by atoms with E-state index >= 15 is 0 Å². The summed E-state index contributed by atoms with van der Waals surface area (Å²) in [5.74, 6) is 1.11. The van der Waals surface area contributed by atoms with Gasteiger partial charge in [-0.15, -0.1) is 0 Å². The minimum absolute atomic E-state index is 0.00289. The van der Waals surface area contributed by atoms with Gasteiger partial charge < -0.3 is 13.7 Å². The lowest BCUT2D eigenvalue weighted by Crippen LogP contribution is -2.41. The molecule has 154 valence electrons. The zero-order valence-corrected chi connectivity index (χ0v) is 16.9. The topological polar surface area (TPSA) is 125 Å². The molecule has 0 fully saturated rings. The molecule has 3 aromatic rings. The molecule has 0 spiro atoms. The summed E-state index contributed by atoms with van der Waals surface area (Å²) in [7, 11) is 0.0762. The van der Waals surface area contributed by atoms with Crippen LogP contribution < -0.4 is 20.7 Å². The van der Waals surface area contributed by atoms with Crippen LogP contribution in [0, 0.1) is 0 Å². The van der Waals surface area contributed by atoms with Crippen molar-refractivity contribution in [3.05, 3.63) is 63.3 Å². The molecule has 29 heavy (non-hydrogen) atoms. The maximum Gasteiger partial charge on any atom is 0.330 e. The molecule has 3 rings (SSSR count). The van der Waals surface area contributed by atoms with Crippen molar-refractivity contribution in [2.75, 3.05) is 13.7 Å². The average molecular weight is 420 g/mol.